The molecule has 0 fully saturated rings. The molecule has 3 N–H and O–H groups in total. The van der Waals surface area contributed by atoms with E-state index in [1.54, 1.807) is 0 Å². The molecular weight excluding hydrogens is 232 g/mol. The second-order valence-electron chi connectivity index (χ2n) is 6.55. The maximum atomic E-state index is 5.64. The molecule has 19 heavy (non-hydrogen) atoms. The second kappa shape index (κ2) is 6.53. The highest BCUT2D eigenvalue weighted by Gasteiger charge is 2.19. The Balaban J connectivity index is 3.15. The lowest BCUT2D eigenvalue weighted by molar-refractivity contribution is 0.524. The zero-order valence-electron chi connectivity index (χ0n) is 13.4. The monoisotopic (exact) mass is 262 g/mol. The van der Waals surface area contributed by atoms with Crippen LogP contribution in [-0.2, 0) is 5.41 Å². The van der Waals surface area contributed by atoms with Crippen molar-refractivity contribution in [1.29, 1.82) is 0 Å². The van der Waals surface area contributed by atoms with E-state index in [4.69, 9.17) is 5.73 Å². The van der Waals surface area contributed by atoms with Crippen LogP contribution >= 0.6 is 0 Å². The van der Waals surface area contributed by atoms with Crippen molar-refractivity contribution >= 4 is 0 Å². The molecule has 1 aromatic carbocycles. The summed E-state index contributed by atoms with van der Waals surface area (Å²) < 4.78 is 0. The fourth-order valence-corrected chi connectivity index (χ4v) is 2.71. The van der Waals surface area contributed by atoms with Gasteiger partial charge in [0.15, 0.2) is 0 Å². The molecule has 0 aromatic heterocycles. The van der Waals surface area contributed by atoms with Crippen molar-refractivity contribution in [2.75, 3.05) is 13.6 Å². The smallest absolute Gasteiger partial charge is 0.0323 e. The first-order valence-electron chi connectivity index (χ1n) is 7.30. The summed E-state index contributed by atoms with van der Waals surface area (Å²) >= 11 is 0. The number of hydrogen-bond donors (Lipinski definition) is 2. The SMILES string of the molecule is CNC(CCCN)c1c(C)cc(C(C)(C)C)cc1C. The van der Waals surface area contributed by atoms with Gasteiger partial charge in [0.2, 0.25) is 0 Å². The molecule has 0 saturated heterocycles. The van der Waals surface area contributed by atoms with Crippen molar-refractivity contribution in [3.63, 3.8) is 0 Å². The fraction of sp³-hybridized carbons (Fsp3) is 0.647. The Kier molecular flexibility index (Phi) is 5.57. The van der Waals surface area contributed by atoms with Gasteiger partial charge in [0.05, 0.1) is 0 Å². The molecule has 0 amide bonds. The maximum absolute atomic E-state index is 5.64. The molecule has 0 radical (unpaired) electrons. The largest absolute Gasteiger partial charge is 0.330 e. The van der Waals surface area contributed by atoms with E-state index < -0.39 is 0 Å². The van der Waals surface area contributed by atoms with Gasteiger partial charge in [-0.15, -0.1) is 0 Å². The molecule has 2 heteroatoms. The van der Waals surface area contributed by atoms with Gasteiger partial charge in [-0.1, -0.05) is 32.9 Å². The van der Waals surface area contributed by atoms with Crippen LogP contribution in [0, 0.1) is 13.8 Å². The summed E-state index contributed by atoms with van der Waals surface area (Å²) in [4.78, 5) is 0. The molecule has 0 spiro atoms. The number of benzene rings is 1. The minimum Gasteiger partial charge on any atom is -0.330 e. The van der Waals surface area contributed by atoms with Crippen LogP contribution in [0.2, 0.25) is 0 Å². The van der Waals surface area contributed by atoms with Crippen molar-refractivity contribution < 1.29 is 0 Å². The fourth-order valence-electron chi connectivity index (χ4n) is 2.71. The molecule has 0 aliphatic rings. The van der Waals surface area contributed by atoms with Crippen molar-refractivity contribution in [2.24, 2.45) is 5.73 Å². The predicted molar refractivity (Wildman–Crippen MR) is 84.7 cm³/mol. The number of hydrogen-bond acceptors (Lipinski definition) is 2. The van der Waals surface area contributed by atoms with E-state index in [0.29, 0.717) is 6.04 Å². The number of nitrogens with two attached hydrogens (primary N) is 1. The Morgan fingerprint density at radius 3 is 2.05 bits per heavy atom. The summed E-state index contributed by atoms with van der Waals surface area (Å²) in [6.45, 7) is 12.0. The lowest BCUT2D eigenvalue weighted by Crippen LogP contribution is -2.21. The van der Waals surface area contributed by atoms with Gasteiger partial charge in [0.1, 0.15) is 0 Å². The van der Waals surface area contributed by atoms with E-state index >= 15 is 0 Å². The van der Waals surface area contributed by atoms with E-state index in [1.165, 1.54) is 22.3 Å². The highest BCUT2D eigenvalue weighted by Crippen LogP contribution is 2.31. The highest BCUT2D eigenvalue weighted by atomic mass is 14.9. The molecule has 0 bridgehead atoms. The molecule has 0 heterocycles. The van der Waals surface area contributed by atoms with Gasteiger partial charge < -0.3 is 11.1 Å². The van der Waals surface area contributed by atoms with Crippen LogP contribution in [0.25, 0.3) is 0 Å². The Bertz CT molecular complexity index is 393. The number of nitrogens with one attached hydrogen (secondary N) is 1. The third-order valence-electron chi connectivity index (χ3n) is 3.85. The standard InChI is InChI=1S/C17H30N2/c1-12-10-14(17(3,4)5)11-13(2)16(12)15(19-6)8-7-9-18/h10-11,15,19H,7-9,18H2,1-6H3. The summed E-state index contributed by atoms with van der Waals surface area (Å²) in [6.07, 6.45) is 2.16. The Morgan fingerprint density at radius 1 is 1.16 bits per heavy atom. The molecular formula is C17H30N2. The average molecular weight is 262 g/mol. The molecule has 1 unspecified atom stereocenters. The lowest BCUT2D eigenvalue weighted by atomic mass is 9.82. The Labute approximate surface area is 118 Å². The second-order valence-corrected chi connectivity index (χ2v) is 6.55. The lowest BCUT2D eigenvalue weighted by Gasteiger charge is -2.26. The minimum absolute atomic E-state index is 0.209. The molecule has 1 rings (SSSR count). The van der Waals surface area contributed by atoms with Crippen LogP contribution in [0.1, 0.15) is 61.9 Å². The average Bonchev–Trinajstić information content (AvgIpc) is 2.31. The van der Waals surface area contributed by atoms with Gasteiger partial charge >= 0.3 is 0 Å². The first-order valence-corrected chi connectivity index (χ1v) is 7.30. The molecule has 0 aliphatic heterocycles. The molecule has 108 valence electrons. The van der Waals surface area contributed by atoms with Gasteiger partial charge in [-0.25, -0.2) is 0 Å². The van der Waals surface area contributed by atoms with Crippen molar-refractivity contribution in [1.82, 2.24) is 5.32 Å². The van der Waals surface area contributed by atoms with E-state index in [0.717, 1.165) is 19.4 Å². The topological polar surface area (TPSA) is 38.0 Å². The van der Waals surface area contributed by atoms with Gasteiger partial charge in [-0.3, -0.25) is 0 Å². The molecule has 1 aromatic rings. The normalized spacial score (nSPS) is 13.6. The Hall–Kier alpha value is -0.860. The van der Waals surface area contributed by atoms with E-state index in [1.807, 2.05) is 7.05 Å². The summed E-state index contributed by atoms with van der Waals surface area (Å²) in [5.74, 6) is 0. The summed E-state index contributed by atoms with van der Waals surface area (Å²) in [5, 5.41) is 3.44. The number of aryl methyl sites for hydroxylation is 2. The summed E-state index contributed by atoms with van der Waals surface area (Å²) in [5.41, 5.74) is 11.5. The first-order chi connectivity index (χ1) is 8.81. The van der Waals surface area contributed by atoms with Crippen molar-refractivity contribution in [2.45, 2.75) is 58.9 Å². The van der Waals surface area contributed by atoms with E-state index in [2.05, 4.69) is 52.1 Å². The molecule has 0 aliphatic carbocycles. The van der Waals surface area contributed by atoms with Crippen molar-refractivity contribution in [3.05, 3.63) is 34.4 Å². The van der Waals surface area contributed by atoms with Crippen LogP contribution in [0.4, 0.5) is 0 Å². The predicted octanol–water partition coefficient (Wildman–Crippen LogP) is 3.60. The van der Waals surface area contributed by atoms with Crippen LogP contribution in [-0.4, -0.2) is 13.6 Å². The number of rotatable bonds is 5. The van der Waals surface area contributed by atoms with Gasteiger partial charge in [-0.05, 0) is 68.0 Å². The summed E-state index contributed by atoms with van der Waals surface area (Å²) in [6, 6.07) is 5.10. The maximum Gasteiger partial charge on any atom is 0.0323 e. The van der Waals surface area contributed by atoms with Gasteiger partial charge in [0, 0.05) is 6.04 Å². The molecule has 0 saturated carbocycles. The highest BCUT2D eigenvalue weighted by molar-refractivity contribution is 5.42. The minimum atomic E-state index is 0.209. The van der Waals surface area contributed by atoms with Gasteiger partial charge in [0.25, 0.3) is 0 Å². The third-order valence-corrected chi connectivity index (χ3v) is 3.85. The molecule has 1 atom stereocenters. The van der Waals surface area contributed by atoms with E-state index in [-0.39, 0.29) is 5.41 Å². The van der Waals surface area contributed by atoms with Crippen LogP contribution in [0.15, 0.2) is 12.1 Å². The summed E-state index contributed by atoms with van der Waals surface area (Å²) in [7, 11) is 2.04. The molecule has 2 nitrogen and oxygen atoms in total. The zero-order valence-corrected chi connectivity index (χ0v) is 13.4. The van der Waals surface area contributed by atoms with Crippen molar-refractivity contribution in [3.8, 4) is 0 Å². The quantitative estimate of drug-likeness (QED) is 0.851. The Morgan fingerprint density at radius 2 is 1.68 bits per heavy atom. The van der Waals surface area contributed by atoms with Crippen LogP contribution in [0.5, 0.6) is 0 Å². The van der Waals surface area contributed by atoms with Crippen LogP contribution < -0.4 is 11.1 Å². The van der Waals surface area contributed by atoms with Gasteiger partial charge in [-0.2, -0.15) is 0 Å². The van der Waals surface area contributed by atoms with E-state index in [9.17, 15) is 0 Å². The van der Waals surface area contributed by atoms with Crippen LogP contribution in [0.3, 0.4) is 0 Å². The first kappa shape index (κ1) is 16.2. The zero-order chi connectivity index (χ0) is 14.6. The third kappa shape index (κ3) is 4.05.